The Kier molecular flexibility index (Phi) is 3.10. The first kappa shape index (κ1) is 11.8. The number of furan rings is 1. The average Bonchev–Trinajstić information content (AvgIpc) is 2.73. The van der Waals surface area contributed by atoms with Gasteiger partial charge in [-0.1, -0.05) is 11.6 Å². The Morgan fingerprint density at radius 3 is 2.67 bits per heavy atom. The Morgan fingerprint density at radius 1 is 1.11 bits per heavy atom. The number of hydrogen-bond acceptors (Lipinski definition) is 3. The molecule has 0 saturated carbocycles. The van der Waals surface area contributed by atoms with E-state index in [0.717, 1.165) is 44.1 Å². The standard InChI is InChI=1S/C15H20N2O/c1-12-3-4-15-13(9-12)10-14(18-15)11-17-7-5-16(2)6-8-17/h3-4,9-10H,5-8,11H2,1-2H3. The van der Waals surface area contributed by atoms with E-state index in [-0.39, 0.29) is 0 Å². The molecule has 2 heterocycles. The highest BCUT2D eigenvalue weighted by molar-refractivity contribution is 5.78. The van der Waals surface area contributed by atoms with Crippen molar-refractivity contribution in [3.63, 3.8) is 0 Å². The van der Waals surface area contributed by atoms with Crippen LogP contribution in [0.2, 0.25) is 0 Å². The van der Waals surface area contributed by atoms with Gasteiger partial charge in [0.05, 0.1) is 6.54 Å². The minimum atomic E-state index is 0.932. The number of likely N-dealkylation sites (N-methyl/N-ethyl adjacent to an activating group) is 1. The molecule has 0 amide bonds. The molecular weight excluding hydrogens is 224 g/mol. The summed E-state index contributed by atoms with van der Waals surface area (Å²) in [7, 11) is 2.18. The third kappa shape index (κ3) is 2.42. The maximum Gasteiger partial charge on any atom is 0.134 e. The Labute approximate surface area is 108 Å². The van der Waals surface area contributed by atoms with Crippen LogP contribution in [0.1, 0.15) is 11.3 Å². The molecule has 1 aromatic carbocycles. The molecule has 0 atom stereocenters. The van der Waals surface area contributed by atoms with Crippen LogP contribution in [0.25, 0.3) is 11.0 Å². The van der Waals surface area contributed by atoms with E-state index in [1.54, 1.807) is 0 Å². The molecule has 1 aliphatic rings. The van der Waals surface area contributed by atoms with E-state index in [4.69, 9.17) is 4.42 Å². The van der Waals surface area contributed by atoms with Crippen LogP contribution >= 0.6 is 0 Å². The highest BCUT2D eigenvalue weighted by Crippen LogP contribution is 2.21. The summed E-state index contributed by atoms with van der Waals surface area (Å²) < 4.78 is 5.90. The zero-order valence-electron chi connectivity index (χ0n) is 11.1. The van der Waals surface area contributed by atoms with Gasteiger partial charge in [0, 0.05) is 31.6 Å². The Bertz CT molecular complexity index is 538. The van der Waals surface area contributed by atoms with Crippen LogP contribution in [0, 0.1) is 6.92 Å². The molecule has 0 spiro atoms. The van der Waals surface area contributed by atoms with Crippen LogP contribution < -0.4 is 0 Å². The number of nitrogens with zero attached hydrogens (tertiary/aromatic N) is 2. The summed E-state index contributed by atoms with van der Waals surface area (Å²) >= 11 is 0. The minimum Gasteiger partial charge on any atom is -0.460 e. The van der Waals surface area contributed by atoms with E-state index >= 15 is 0 Å². The summed E-state index contributed by atoms with van der Waals surface area (Å²) in [5.74, 6) is 1.08. The average molecular weight is 244 g/mol. The fourth-order valence-electron chi connectivity index (χ4n) is 2.52. The van der Waals surface area contributed by atoms with Gasteiger partial charge in [-0.3, -0.25) is 4.90 Å². The van der Waals surface area contributed by atoms with Gasteiger partial charge in [-0.25, -0.2) is 0 Å². The number of hydrogen-bond donors (Lipinski definition) is 0. The van der Waals surface area contributed by atoms with Crippen molar-refractivity contribution < 1.29 is 4.42 Å². The zero-order valence-corrected chi connectivity index (χ0v) is 11.1. The number of benzene rings is 1. The molecule has 3 rings (SSSR count). The first-order valence-corrected chi connectivity index (χ1v) is 6.61. The summed E-state index contributed by atoms with van der Waals surface area (Å²) in [6, 6.07) is 8.54. The first-order valence-electron chi connectivity index (χ1n) is 6.61. The summed E-state index contributed by atoms with van der Waals surface area (Å²) in [6.07, 6.45) is 0. The molecule has 1 aliphatic heterocycles. The molecule has 3 nitrogen and oxygen atoms in total. The topological polar surface area (TPSA) is 19.6 Å². The second-order valence-corrected chi connectivity index (χ2v) is 5.33. The van der Waals surface area contributed by atoms with Gasteiger partial charge in [-0.15, -0.1) is 0 Å². The van der Waals surface area contributed by atoms with Crippen molar-refractivity contribution in [2.75, 3.05) is 33.2 Å². The van der Waals surface area contributed by atoms with Crippen molar-refractivity contribution in [2.24, 2.45) is 0 Å². The maximum atomic E-state index is 5.90. The molecule has 0 N–H and O–H groups in total. The van der Waals surface area contributed by atoms with Gasteiger partial charge in [-0.2, -0.15) is 0 Å². The predicted octanol–water partition coefficient (Wildman–Crippen LogP) is 2.49. The number of piperazine rings is 1. The number of aryl methyl sites for hydroxylation is 1. The van der Waals surface area contributed by atoms with Crippen molar-refractivity contribution in [3.8, 4) is 0 Å². The van der Waals surface area contributed by atoms with Crippen LogP contribution in [-0.4, -0.2) is 43.0 Å². The predicted molar refractivity (Wildman–Crippen MR) is 73.7 cm³/mol. The van der Waals surface area contributed by atoms with Gasteiger partial charge in [0.1, 0.15) is 11.3 Å². The summed E-state index contributed by atoms with van der Waals surface area (Å²) in [4.78, 5) is 4.84. The van der Waals surface area contributed by atoms with E-state index in [1.165, 1.54) is 10.9 Å². The van der Waals surface area contributed by atoms with Crippen molar-refractivity contribution in [3.05, 3.63) is 35.6 Å². The smallest absolute Gasteiger partial charge is 0.134 e. The molecule has 1 saturated heterocycles. The fourth-order valence-corrected chi connectivity index (χ4v) is 2.52. The minimum absolute atomic E-state index is 0.932. The van der Waals surface area contributed by atoms with Crippen LogP contribution in [0.4, 0.5) is 0 Å². The molecule has 96 valence electrons. The molecule has 0 radical (unpaired) electrons. The molecule has 2 aromatic rings. The van der Waals surface area contributed by atoms with Crippen molar-refractivity contribution in [1.29, 1.82) is 0 Å². The summed E-state index contributed by atoms with van der Waals surface area (Å²) in [5.41, 5.74) is 2.29. The van der Waals surface area contributed by atoms with E-state index in [1.807, 2.05) is 0 Å². The number of rotatable bonds is 2. The van der Waals surface area contributed by atoms with Gasteiger partial charge in [0.25, 0.3) is 0 Å². The second kappa shape index (κ2) is 4.75. The third-order valence-electron chi connectivity index (χ3n) is 3.70. The van der Waals surface area contributed by atoms with E-state index in [9.17, 15) is 0 Å². The van der Waals surface area contributed by atoms with Crippen molar-refractivity contribution in [2.45, 2.75) is 13.5 Å². The molecule has 0 bridgehead atoms. The molecule has 3 heteroatoms. The monoisotopic (exact) mass is 244 g/mol. The van der Waals surface area contributed by atoms with E-state index in [2.05, 4.69) is 48.0 Å². The van der Waals surface area contributed by atoms with Crippen LogP contribution in [-0.2, 0) is 6.54 Å². The van der Waals surface area contributed by atoms with Gasteiger partial charge >= 0.3 is 0 Å². The highest BCUT2D eigenvalue weighted by Gasteiger charge is 2.15. The van der Waals surface area contributed by atoms with Gasteiger partial charge in [0.15, 0.2) is 0 Å². The Hall–Kier alpha value is -1.32. The van der Waals surface area contributed by atoms with E-state index in [0.29, 0.717) is 0 Å². The number of fused-ring (bicyclic) bond motifs is 1. The lowest BCUT2D eigenvalue weighted by atomic mass is 10.2. The SMILES string of the molecule is Cc1ccc2oc(CN3CCN(C)CC3)cc2c1. The van der Waals surface area contributed by atoms with Gasteiger partial charge < -0.3 is 9.32 Å². The van der Waals surface area contributed by atoms with Crippen molar-refractivity contribution in [1.82, 2.24) is 9.80 Å². The molecular formula is C15H20N2O. The first-order chi connectivity index (χ1) is 8.70. The van der Waals surface area contributed by atoms with Crippen LogP contribution in [0.15, 0.2) is 28.7 Å². The summed E-state index contributed by atoms with van der Waals surface area (Å²) in [6.45, 7) is 7.62. The molecule has 1 aromatic heterocycles. The quantitative estimate of drug-likeness (QED) is 0.809. The van der Waals surface area contributed by atoms with Gasteiger partial charge in [0.2, 0.25) is 0 Å². The zero-order chi connectivity index (χ0) is 12.5. The second-order valence-electron chi connectivity index (χ2n) is 5.33. The maximum absolute atomic E-state index is 5.90. The molecule has 0 aliphatic carbocycles. The third-order valence-corrected chi connectivity index (χ3v) is 3.70. The van der Waals surface area contributed by atoms with Crippen molar-refractivity contribution >= 4 is 11.0 Å². The Balaban J connectivity index is 1.74. The Morgan fingerprint density at radius 2 is 1.89 bits per heavy atom. The normalized spacial score (nSPS) is 18.6. The fraction of sp³-hybridized carbons (Fsp3) is 0.467. The highest BCUT2D eigenvalue weighted by atomic mass is 16.3. The summed E-state index contributed by atoms with van der Waals surface area (Å²) in [5, 5.41) is 1.22. The molecule has 1 fully saturated rings. The van der Waals surface area contributed by atoms with E-state index < -0.39 is 0 Å². The van der Waals surface area contributed by atoms with Crippen LogP contribution in [0.5, 0.6) is 0 Å². The molecule has 0 unspecified atom stereocenters. The lowest BCUT2D eigenvalue weighted by Gasteiger charge is -2.31. The lowest BCUT2D eigenvalue weighted by molar-refractivity contribution is 0.141. The largest absolute Gasteiger partial charge is 0.460 e. The lowest BCUT2D eigenvalue weighted by Crippen LogP contribution is -2.43. The molecule has 18 heavy (non-hydrogen) atoms. The van der Waals surface area contributed by atoms with Gasteiger partial charge in [-0.05, 0) is 32.2 Å². The van der Waals surface area contributed by atoms with Crippen LogP contribution in [0.3, 0.4) is 0 Å².